The molecule has 0 radical (unpaired) electrons. The summed E-state index contributed by atoms with van der Waals surface area (Å²) in [5, 5.41) is 8.54. The highest BCUT2D eigenvalue weighted by Crippen LogP contribution is 2.12. The van der Waals surface area contributed by atoms with E-state index in [2.05, 4.69) is 0 Å². The summed E-state index contributed by atoms with van der Waals surface area (Å²) in [5.74, 6) is -1.57. The Hall–Kier alpha value is -0.750. The Morgan fingerprint density at radius 2 is 2.00 bits per heavy atom. The summed E-state index contributed by atoms with van der Waals surface area (Å²) in [7, 11) is 0. The van der Waals surface area contributed by atoms with Crippen molar-refractivity contribution in [2.75, 3.05) is 5.75 Å². The van der Waals surface area contributed by atoms with Gasteiger partial charge in [-0.1, -0.05) is 6.42 Å². The third-order valence-corrected chi connectivity index (χ3v) is 2.24. The van der Waals surface area contributed by atoms with Crippen LogP contribution in [0.25, 0.3) is 0 Å². The van der Waals surface area contributed by atoms with Crippen LogP contribution in [0.5, 0.6) is 0 Å². The minimum atomic E-state index is -1.12. The first-order valence-corrected chi connectivity index (χ1v) is 4.92. The van der Waals surface area contributed by atoms with Crippen molar-refractivity contribution in [1.29, 1.82) is 0 Å². The number of carbonyl (C=O) groups excluding carboxylic acids is 1. The van der Waals surface area contributed by atoms with Crippen LogP contribution in [0.1, 0.15) is 19.3 Å². The van der Waals surface area contributed by atoms with E-state index in [1.807, 2.05) is 0 Å². The van der Waals surface area contributed by atoms with E-state index < -0.39 is 23.8 Å². The normalized spacial score (nSPS) is 14.7. The van der Waals surface area contributed by atoms with Crippen molar-refractivity contribution >= 4 is 24.5 Å². The molecule has 0 aliphatic rings. The Morgan fingerprint density at radius 1 is 1.43 bits per heavy atom. The number of hydrogen-bond donors (Lipinski definition) is 3. The van der Waals surface area contributed by atoms with Crippen molar-refractivity contribution in [1.82, 2.24) is 0 Å². The zero-order valence-electron chi connectivity index (χ0n) is 7.81. The molecule has 0 aromatic rings. The lowest BCUT2D eigenvalue weighted by molar-refractivity contribution is -0.139. The minimum Gasteiger partial charge on any atom is -0.793 e. The molecule has 0 saturated heterocycles. The van der Waals surface area contributed by atoms with E-state index in [0.29, 0.717) is 18.6 Å². The van der Waals surface area contributed by atoms with Crippen LogP contribution in [-0.2, 0) is 22.2 Å². The van der Waals surface area contributed by atoms with E-state index >= 15 is 0 Å². The predicted molar refractivity (Wildman–Crippen MR) is 54.4 cm³/mol. The van der Waals surface area contributed by atoms with Gasteiger partial charge >= 0.3 is 5.97 Å². The fourth-order valence-electron chi connectivity index (χ4n) is 1.11. The molecule has 6 heteroatoms. The van der Waals surface area contributed by atoms with Gasteiger partial charge in [0.15, 0.2) is 0 Å². The van der Waals surface area contributed by atoms with Crippen LogP contribution in [0.3, 0.4) is 0 Å². The summed E-state index contributed by atoms with van der Waals surface area (Å²) in [6.07, 6.45) is 1.27. The van der Waals surface area contributed by atoms with Crippen molar-refractivity contribution in [3.05, 3.63) is 0 Å². The fraction of sp³-hybridized carbons (Fsp3) is 0.750. The molecule has 82 valence electrons. The van der Waals surface area contributed by atoms with Gasteiger partial charge in [0.25, 0.3) is 0 Å². The molecule has 0 rings (SSSR count). The molecular weight excluding hydrogens is 204 g/mol. The second kappa shape index (κ2) is 6.67. The van der Waals surface area contributed by atoms with Crippen LogP contribution in [0.4, 0.5) is 0 Å². The van der Waals surface area contributed by atoms with Crippen LogP contribution in [0.15, 0.2) is 0 Å². The highest BCUT2D eigenvalue weighted by Gasteiger charge is 2.21. The molecule has 5 nitrogen and oxygen atoms in total. The monoisotopic (exact) mass is 219 g/mol. The topological polar surface area (TPSA) is 106 Å². The second-order valence-electron chi connectivity index (χ2n) is 3.13. The number of carboxylic acids is 1. The number of amides is 1. The van der Waals surface area contributed by atoms with E-state index in [-0.39, 0.29) is 6.42 Å². The Kier molecular flexibility index (Phi) is 6.31. The van der Waals surface area contributed by atoms with Gasteiger partial charge in [-0.25, -0.2) is 0 Å². The highest BCUT2D eigenvalue weighted by atomic mass is 32.1. The van der Waals surface area contributed by atoms with Crippen LogP contribution in [-0.4, -0.2) is 28.8 Å². The standard InChI is InChI=1S/C8H16N2O3S/c9-6(8(12)13)4-5(7(10)11)2-1-3-14/h5-6,14H,1-4,9H2,(H2,10,11)(H,12,13)/p-1. The molecule has 0 aliphatic heterocycles. The third kappa shape index (κ3) is 5.08. The number of aliphatic carboxylic acids is 1. The first kappa shape index (κ1) is 13.2. The number of rotatable bonds is 7. The average molecular weight is 219 g/mol. The largest absolute Gasteiger partial charge is 0.793 e. The molecule has 0 aromatic heterocycles. The Bertz CT molecular complexity index is 211. The molecule has 0 heterocycles. The summed E-state index contributed by atoms with van der Waals surface area (Å²) in [6, 6.07) is -1.03. The quantitative estimate of drug-likeness (QED) is 0.487. The molecule has 0 bridgehead atoms. The molecule has 0 aromatic carbocycles. The Morgan fingerprint density at radius 3 is 2.36 bits per heavy atom. The van der Waals surface area contributed by atoms with Gasteiger partial charge in [0.1, 0.15) is 6.04 Å². The van der Waals surface area contributed by atoms with Gasteiger partial charge in [0.05, 0.1) is 0 Å². The molecule has 2 atom stereocenters. The fourth-order valence-corrected chi connectivity index (χ4v) is 1.28. The molecule has 0 spiro atoms. The van der Waals surface area contributed by atoms with Crippen molar-refractivity contribution in [3.63, 3.8) is 0 Å². The van der Waals surface area contributed by atoms with E-state index in [4.69, 9.17) is 29.2 Å². The van der Waals surface area contributed by atoms with Crippen LogP contribution < -0.4 is 11.5 Å². The van der Waals surface area contributed by atoms with E-state index in [9.17, 15) is 9.59 Å². The predicted octanol–water partition coefficient (Wildman–Crippen LogP) is -0.783. The summed E-state index contributed by atoms with van der Waals surface area (Å²) in [4.78, 5) is 21.3. The van der Waals surface area contributed by atoms with Crippen LogP contribution >= 0.6 is 0 Å². The lowest BCUT2D eigenvalue weighted by atomic mass is 9.95. The van der Waals surface area contributed by atoms with Gasteiger partial charge < -0.3 is 29.2 Å². The number of nitrogens with two attached hydrogens (primary N) is 2. The molecular formula is C8H15N2O3S-. The summed E-state index contributed by atoms with van der Waals surface area (Å²) < 4.78 is 0. The van der Waals surface area contributed by atoms with E-state index in [1.165, 1.54) is 0 Å². The van der Waals surface area contributed by atoms with Gasteiger partial charge in [-0.05, 0) is 12.8 Å². The zero-order valence-corrected chi connectivity index (χ0v) is 8.63. The van der Waals surface area contributed by atoms with Crippen molar-refractivity contribution in [3.8, 4) is 0 Å². The smallest absolute Gasteiger partial charge is 0.320 e. The van der Waals surface area contributed by atoms with Gasteiger partial charge in [0, 0.05) is 5.92 Å². The molecule has 2 unspecified atom stereocenters. The number of primary amides is 1. The number of hydrogen-bond acceptors (Lipinski definition) is 4. The maximum atomic E-state index is 10.9. The second-order valence-corrected chi connectivity index (χ2v) is 3.53. The first-order valence-electron chi connectivity index (χ1n) is 4.34. The van der Waals surface area contributed by atoms with Crippen molar-refractivity contribution < 1.29 is 14.7 Å². The SMILES string of the molecule is NC(=O)C(CCC[S-])CC(N)C(=O)O. The summed E-state index contributed by atoms with van der Waals surface area (Å²) in [6.45, 7) is 0. The Labute approximate surface area is 88.2 Å². The molecule has 0 saturated carbocycles. The average Bonchev–Trinajstić information content (AvgIpc) is 2.10. The highest BCUT2D eigenvalue weighted by molar-refractivity contribution is 7.58. The lowest BCUT2D eigenvalue weighted by Gasteiger charge is -2.16. The van der Waals surface area contributed by atoms with Gasteiger partial charge in [0.2, 0.25) is 5.91 Å². The molecule has 14 heavy (non-hydrogen) atoms. The van der Waals surface area contributed by atoms with Gasteiger partial charge in [-0.15, -0.1) is 0 Å². The zero-order chi connectivity index (χ0) is 11.1. The molecule has 0 aliphatic carbocycles. The van der Waals surface area contributed by atoms with E-state index in [1.54, 1.807) is 0 Å². The van der Waals surface area contributed by atoms with E-state index in [0.717, 1.165) is 0 Å². The van der Waals surface area contributed by atoms with Crippen molar-refractivity contribution in [2.24, 2.45) is 17.4 Å². The van der Waals surface area contributed by atoms with Crippen LogP contribution in [0.2, 0.25) is 0 Å². The maximum absolute atomic E-state index is 10.9. The first-order chi connectivity index (χ1) is 6.49. The minimum absolute atomic E-state index is 0.0833. The third-order valence-electron chi connectivity index (χ3n) is 1.95. The molecule has 0 fully saturated rings. The Balaban J connectivity index is 4.08. The maximum Gasteiger partial charge on any atom is 0.320 e. The van der Waals surface area contributed by atoms with Crippen molar-refractivity contribution in [2.45, 2.75) is 25.3 Å². The summed E-state index contributed by atoms with van der Waals surface area (Å²) >= 11 is 4.72. The number of carboxylic acid groups (broad SMARTS) is 1. The summed E-state index contributed by atoms with van der Waals surface area (Å²) in [5.41, 5.74) is 10.4. The molecule has 1 amide bonds. The number of carbonyl (C=O) groups is 2. The molecule has 5 N–H and O–H groups in total. The van der Waals surface area contributed by atoms with Crippen LogP contribution in [0, 0.1) is 5.92 Å². The lowest BCUT2D eigenvalue weighted by Crippen LogP contribution is -2.36. The van der Waals surface area contributed by atoms with Gasteiger partial charge in [-0.2, -0.15) is 5.75 Å². The van der Waals surface area contributed by atoms with Gasteiger partial charge in [-0.3, -0.25) is 9.59 Å².